The number of hydrogen-bond acceptors (Lipinski definition) is 9. The van der Waals surface area contributed by atoms with E-state index in [4.69, 9.17) is 27.8 Å². The topological polar surface area (TPSA) is 107 Å². The molecule has 0 spiro atoms. The van der Waals surface area contributed by atoms with E-state index in [9.17, 15) is 14.4 Å². The fourth-order valence-electron chi connectivity index (χ4n) is 8.54. The average molecular weight is 845 g/mol. The quantitative estimate of drug-likeness (QED) is 0.0667. The van der Waals surface area contributed by atoms with Gasteiger partial charge in [0.15, 0.2) is 11.7 Å². The summed E-state index contributed by atoms with van der Waals surface area (Å²) in [6.07, 6.45) is -3.96. The van der Waals surface area contributed by atoms with Gasteiger partial charge in [0.1, 0.15) is 12.7 Å². The van der Waals surface area contributed by atoms with Crippen LogP contribution in [0.2, 0.25) is 10.1 Å². The first-order valence-electron chi connectivity index (χ1n) is 20.3. The van der Waals surface area contributed by atoms with Gasteiger partial charge in [0, 0.05) is 13.8 Å². The summed E-state index contributed by atoms with van der Waals surface area (Å²) < 4.78 is 40.8. The number of carbonyl (C=O) groups excluding carboxylic acids is 3. The van der Waals surface area contributed by atoms with Crippen molar-refractivity contribution in [1.82, 2.24) is 0 Å². The van der Waals surface area contributed by atoms with Crippen molar-refractivity contribution in [3.05, 3.63) is 157 Å². The van der Waals surface area contributed by atoms with Gasteiger partial charge in [-0.05, 0) is 43.0 Å². The second kappa shape index (κ2) is 18.2. The van der Waals surface area contributed by atoms with Gasteiger partial charge in [0.05, 0.1) is 12.2 Å². The maximum atomic E-state index is 13.9. The van der Waals surface area contributed by atoms with Gasteiger partial charge < -0.3 is 27.8 Å². The van der Waals surface area contributed by atoms with Gasteiger partial charge in [-0.3, -0.25) is 9.59 Å². The summed E-state index contributed by atoms with van der Waals surface area (Å²) in [5.74, 6) is -1.90. The van der Waals surface area contributed by atoms with Crippen LogP contribution < -0.4 is 20.7 Å². The van der Waals surface area contributed by atoms with Crippen LogP contribution in [-0.4, -0.2) is 71.9 Å². The Kier molecular flexibility index (Phi) is 13.5. The lowest BCUT2D eigenvalue weighted by atomic mass is 9.97. The number of benzene rings is 5. The Morgan fingerprint density at radius 1 is 0.550 bits per heavy atom. The van der Waals surface area contributed by atoms with Crippen LogP contribution in [0.4, 0.5) is 0 Å². The lowest BCUT2D eigenvalue weighted by molar-refractivity contribution is -0.213. The second-order valence-electron chi connectivity index (χ2n) is 17.3. The van der Waals surface area contributed by atoms with Gasteiger partial charge in [0.25, 0.3) is 16.6 Å². The molecule has 0 N–H and O–H groups in total. The van der Waals surface area contributed by atoms with Crippen molar-refractivity contribution in [3.63, 3.8) is 0 Å². The molecule has 0 bridgehead atoms. The first kappa shape index (κ1) is 44.4. The molecule has 314 valence electrons. The number of ether oxygens (including phenoxy) is 4. The highest BCUT2D eigenvalue weighted by molar-refractivity contribution is 7.00. The van der Waals surface area contributed by atoms with Crippen LogP contribution in [0.5, 0.6) is 0 Å². The van der Waals surface area contributed by atoms with Gasteiger partial charge in [-0.2, -0.15) is 0 Å². The van der Waals surface area contributed by atoms with Crippen LogP contribution in [0.15, 0.2) is 152 Å². The van der Waals surface area contributed by atoms with Crippen molar-refractivity contribution in [2.24, 2.45) is 0 Å². The van der Waals surface area contributed by atoms with Gasteiger partial charge in [0.2, 0.25) is 6.29 Å². The monoisotopic (exact) mass is 844 g/mol. The molecule has 5 aromatic carbocycles. The van der Waals surface area contributed by atoms with Crippen molar-refractivity contribution >= 4 is 55.3 Å². The average Bonchev–Trinajstić information content (AvgIpc) is 3.49. The molecule has 1 aliphatic rings. The predicted molar refractivity (Wildman–Crippen MR) is 238 cm³/mol. The standard InChI is InChI=1S/C49H56O9Si2/c1-36(50)55-43-44(58-60(48(6,7)8,41-30-20-12-21-31-41)42-32-22-13-23-33-42)49(57-46(43)56-37(2)51,34-53-45(52)38-24-14-9-15-25-38)35-54-59(47(3,4)5,39-26-16-10-17-27-39)40-28-18-11-19-29-40/h9-33,43-44,46H,34-35H2,1-8H3/t43-,44-,46?,49-/m1/s1. The van der Waals surface area contributed by atoms with Crippen molar-refractivity contribution in [1.29, 1.82) is 0 Å². The van der Waals surface area contributed by atoms with E-state index >= 15 is 0 Å². The summed E-state index contributed by atoms with van der Waals surface area (Å²) in [5.41, 5.74) is -1.39. The maximum Gasteiger partial charge on any atom is 0.338 e. The van der Waals surface area contributed by atoms with Crippen molar-refractivity contribution in [2.75, 3.05) is 13.2 Å². The zero-order valence-electron chi connectivity index (χ0n) is 35.8. The summed E-state index contributed by atoms with van der Waals surface area (Å²) in [5, 5.41) is 2.90. The maximum absolute atomic E-state index is 13.9. The molecule has 1 fully saturated rings. The molecule has 4 atom stereocenters. The third-order valence-electron chi connectivity index (χ3n) is 11.1. The zero-order chi connectivity index (χ0) is 43.2. The molecule has 0 radical (unpaired) electrons. The number of rotatable bonds is 14. The third-order valence-corrected chi connectivity index (χ3v) is 21.1. The Bertz CT molecular complexity index is 2110. The summed E-state index contributed by atoms with van der Waals surface area (Å²) in [6, 6.07) is 49.0. The first-order valence-corrected chi connectivity index (χ1v) is 24.1. The van der Waals surface area contributed by atoms with Crippen LogP contribution in [0.25, 0.3) is 0 Å². The molecule has 1 unspecified atom stereocenters. The van der Waals surface area contributed by atoms with E-state index < -0.39 is 75.3 Å². The van der Waals surface area contributed by atoms with Crippen LogP contribution in [0.1, 0.15) is 65.7 Å². The second-order valence-corrected chi connectivity index (χ2v) is 25.9. The van der Waals surface area contributed by atoms with Crippen molar-refractivity contribution in [3.8, 4) is 0 Å². The SMILES string of the molecule is CC(=O)OC1O[C@](COC(=O)c2ccccc2)(CO[Si](c2ccccc2)(c2ccccc2)C(C)(C)C)[C@H](O[Si](c2ccccc2)(c2ccccc2)C(C)(C)C)[C@H]1OC(C)=O. The normalized spacial score (nSPS) is 19.6. The predicted octanol–water partition coefficient (Wildman–Crippen LogP) is 6.96. The van der Waals surface area contributed by atoms with E-state index in [1.165, 1.54) is 13.8 Å². The Hall–Kier alpha value is -5.18. The van der Waals surface area contributed by atoms with E-state index in [1.807, 2.05) is 78.9 Å². The third kappa shape index (κ3) is 8.96. The van der Waals surface area contributed by atoms with Gasteiger partial charge in [-0.1, -0.05) is 181 Å². The van der Waals surface area contributed by atoms with Crippen molar-refractivity contribution < 1.29 is 42.2 Å². The minimum Gasteiger partial charge on any atom is -0.459 e. The molecule has 0 aromatic heterocycles. The van der Waals surface area contributed by atoms with E-state index in [0.717, 1.165) is 20.7 Å². The summed E-state index contributed by atoms with van der Waals surface area (Å²) in [7, 11) is -6.85. The summed E-state index contributed by atoms with van der Waals surface area (Å²) >= 11 is 0. The van der Waals surface area contributed by atoms with E-state index in [2.05, 4.69) is 90.1 Å². The van der Waals surface area contributed by atoms with E-state index in [-0.39, 0.29) is 6.61 Å². The lowest BCUT2D eigenvalue weighted by Crippen LogP contribution is -2.72. The Morgan fingerprint density at radius 3 is 1.32 bits per heavy atom. The first-order chi connectivity index (χ1) is 28.5. The summed E-state index contributed by atoms with van der Waals surface area (Å²) in [4.78, 5) is 40.1. The molecule has 5 aromatic rings. The number of esters is 3. The van der Waals surface area contributed by atoms with E-state index in [0.29, 0.717) is 5.56 Å². The van der Waals surface area contributed by atoms with Crippen molar-refractivity contribution in [2.45, 2.75) is 89.6 Å². The fourth-order valence-corrected chi connectivity index (χ4v) is 17.9. The zero-order valence-corrected chi connectivity index (χ0v) is 37.8. The van der Waals surface area contributed by atoms with Crippen LogP contribution in [0, 0.1) is 0 Å². The molecule has 0 amide bonds. The molecule has 6 rings (SSSR count). The Morgan fingerprint density at radius 2 is 0.933 bits per heavy atom. The lowest BCUT2D eigenvalue weighted by Gasteiger charge is -2.49. The minimum absolute atomic E-state index is 0.208. The van der Waals surface area contributed by atoms with E-state index in [1.54, 1.807) is 24.3 Å². The van der Waals surface area contributed by atoms with Gasteiger partial charge in [-0.15, -0.1) is 0 Å². The molecule has 11 heteroatoms. The fraction of sp³-hybridized carbons (Fsp3) is 0.327. The smallest absolute Gasteiger partial charge is 0.338 e. The largest absolute Gasteiger partial charge is 0.459 e. The van der Waals surface area contributed by atoms with Crippen LogP contribution >= 0.6 is 0 Å². The molecule has 1 aliphatic heterocycles. The van der Waals surface area contributed by atoms with Crippen LogP contribution in [-0.2, 0) is 37.4 Å². The van der Waals surface area contributed by atoms with Gasteiger partial charge >= 0.3 is 17.9 Å². The number of hydrogen-bond donors (Lipinski definition) is 0. The molecule has 0 saturated carbocycles. The molecular weight excluding hydrogens is 789 g/mol. The molecule has 9 nitrogen and oxygen atoms in total. The molecule has 1 heterocycles. The highest BCUT2D eigenvalue weighted by atomic mass is 28.4. The number of carbonyl (C=O) groups is 3. The molecule has 0 aliphatic carbocycles. The van der Waals surface area contributed by atoms with Crippen LogP contribution in [0.3, 0.4) is 0 Å². The highest BCUT2D eigenvalue weighted by Crippen LogP contribution is 2.46. The summed E-state index contributed by atoms with van der Waals surface area (Å²) in [6.45, 7) is 14.8. The minimum atomic E-state index is -3.52. The molecular formula is C49H56O9Si2. The highest BCUT2D eigenvalue weighted by Gasteiger charge is 2.65. The Balaban J connectivity index is 1.63. The Labute approximate surface area is 356 Å². The molecule has 60 heavy (non-hydrogen) atoms. The molecule has 1 saturated heterocycles. The van der Waals surface area contributed by atoms with Gasteiger partial charge in [-0.25, -0.2) is 4.79 Å².